The van der Waals surface area contributed by atoms with Crippen molar-refractivity contribution in [2.75, 3.05) is 5.32 Å². The third-order valence-electron chi connectivity index (χ3n) is 4.26. The van der Waals surface area contributed by atoms with E-state index < -0.39 is 5.91 Å². The summed E-state index contributed by atoms with van der Waals surface area (Å²) in [6.07, 6.45) is 0. The second kappa shape index (κ2) is 7.97. The number of aromatic nitrogens is 3. The van der Waals surface area contributed by atoms with Gasteiger partial charge < -0.3 is 5.32 Å². The predicted molar refractivity (Wildman–Crippen MR) is 114 cm³/mol. The minimum atomic E-state index is -0.471. The maximum absolute atomic E-state index is 13.1. The fraction of sp³-hybridized carbons (Fsp3) is 0.0455. The first kappa shape index (κ1) is 19.0. The third-order valence-corrected chi connectivity index (χ3v) is 4.79. The summed E-state index contributed by atoms with van der Waals surface area (Å²) >= 11 is 3.43. The molecule has 0 radical (unpaired) electrons. The minimum Gasteiger partial charge on any atom is -0.319 e. The summed E-state index contributed by atoms with van der Waals surface area (Å²) in [6.45, 7) is 1.99. The van der Waals surface area contributed by atoms with Crippen molar-refractivity contribution in [1.29, 1.82) is 0 Å². The minimum absolute atomic E-state index is 0.0220. The second-order valence-electron chi connectivity index (χ2n) is 6.48. The number of aryl methyl sites for hydroxylation is 1. The van der Waals surface area contributed by atoms with Gasteiger partial charge >= 0.3 is 0 Å². The van der Waals surface area contributed by atoms with Crippen LogP contribution in [-0.2, 0) is 0 Å². The summed E-state index contributed by atoms with van der Waals surface area (Å²) in [7, 11) is 0. The van der Waals surface area contributed by atoms with Crippen LogP contribution in [-0.4, -0.2) is 20.7 Å². The van der Waals surface area contributed by atoms with Crippen LogP contribution in [0.25, 0.3) is 17.1 Å². The summed E-state index contributed by atoms with van der Waals surface area (Å²) in [5.41, 5.74) is 3.16. The lowest BCUT2D eigenvalue weighted by Gasteiger charge is -2.07. The molecule has 0 atom stereocenters. The molecule has 0 aliphatic rings. The van der Waals surface area contributed by atoms with Crippen molar-refractivity contribution in [3.63, 3.8) is 0 Å². The molecule has 1 aromatic heterocycles. The van der Waals surface area contributed by atoms with E-state index in [1.54, 1.807) is 4.68 Å². The van der Waals surface area contributed by atoms with Gasteiger partial charge in [0.1, 0.15) is 5.82 Å². The molecule has 4 aromatic rings. The van der Waals surface area contributed by atoms with Gasteiger partial charge in [-0.15, -0.1) is 5.10 Å². The van der Waals surface area contributed by atoms with Crippen molar-refractivity contribution >= 4 is 27.5 Å². The monoisotopic (exact) mass is 450 g/mol. The third kappa shape index (κ3) is 4.25. The lowest BCUT2D eigenvalue weighted by atomic mass is 10.2. The lowest BCUT2D eigenvalue weighted by molar-refractivity contribution is 0.101. The van der Waals surface area contributed by atoms with Crippen LogP contribution < -0.4 is 5.32 Å². The Morgan fingerprint density at radius 1 is 1.03 bits per heavy atom. The average Bonchev–Trinajstić information content (AvgIpc) is 3.16. The molecule has 0 spiro atoms. The molecule has 1 heterocycles. The fourth-order valence-electron chi connectivity index (χ4n) is 2.85. The maximum atomic E-state index is 13.1. The van der Waals surface area contributed by atoms with E-state index in [1.807, 2.05) is 55.5 Å². The molecule has 7 heteroatoms. The highest BCUT2D eigenvalue weighted by Crippen LogP contribution is 2.24. The first-order valence-electron chi connectivity index (χ1n) is 8.86. The standard InChI is InChI=1S/C22H16BrFN4O/c1-14-3-2-4-19(13-14)28-21(15-5-7-16(23)8-6-15)26-20(27-28)22(29)25-18-11-9-17(24)10-12-18/h2-13H,1H3,(H,25,29). The number of carbonyl (C=O) groups is 1. The Hall–Kier alpha value is -3.32. The number of nitrogens with zero attached hydrogens (tertiary/aromatic N) is 3. The van der Waals surface area contributed by atoms with E-state index in [2.05, 4.69) is 31.3 Å². The lowest BCUT2D eigenvalue weighted by Crippen LogP contribution is -2.14. The number of hydrogen-bond donors (Lipinski definition) is 1. The van der Waals surface area contributed by atoms with Gasteiger partial charge in [0.15, 0.2) is 5.82 Å². The Morgan fingerprint density at radius 2 is 1.76 bits per heavy atom. The van der Waals surface area contributed by atoms with Crippen LogP contribution in [0, 0.1) is 12.7 Å². The maximum Gasteiger partial charge on any atom is 0.295 e. The van der Waals surface area contributed by atoms with Gasteiger partial charge in [0, 0.05) is 15.7 Å². The number of amides is 1. The van der Waals surface area contributed by atoms with E-state index in [4.69, 9.17) is 0 Å². The average molecular weight is 451 g/mol. The molecule has 5 nitrogen and oxygen atoms in total. The van der Waals surface area contributed by atoms with Crippen LogP contribution in [0.5, 0.6) is 0 Å². The first-order valence-corrected chi connectivity index (χ1v) is 9.66. The normalized spacial score (nSPS) is 10.7. The van der Waals surface area contributed by atoms with Gasteiger partial charge in [-0.05, 0) is 61.0 Å². The smallest absolute Gasteiger partial charge is 0.295 e. The first-order chi connectivity index (χ1) is 14.0. The van der Waals surface area contributed by atoms with E-state index in [1.165, 1.54) is 24.3 Å². The zero-order chi connectivity index (χ0) is 20.4. The van der Waals surface area contributed by atoms with Gasteiger partial charge in [0.2, 0.25) is 5.82 Å². The number of benzene rings is 3. The molecular formula is C22H16BrFN4O. The van der Waals surface area contributed by atoms with Crippen LogP contribution in [0.3, 0.4) is 0 Å². The largest absolute Gasteiger partial charge is 0.319 e. The number of nitrogens with one attached hydrogen (secondary N) is 1. The molecular weight excluding hydrogens is 435 g/mol. The van der Waals surface area contributed by atoms with Crippen molar-refractivity contribution in [2.45, 2.75) is 6.92 Å². The molecule has 0 unspecified atom stereocenters. The second-order valence-corrected chi connectivity index (χ2v) is 7.39. The van der Waals surface area contributed by atoms with Crippen molar-refractivity contribution < 1.29 is 9.18 Å². The van der Waals surface area contributed by atoms with Crippen LogP contribution >= 0.6 is 15.9 Å². The Morgan fingerprint density at radius 3 is 2.45 bits per heavy atom. The number of anilines is 1. The zero-order valence-electron chi connectivity index (χ0n) is 15.4. The van der Waals surface area contributed by atoms with Crippen LogP contribution in [0.2, 0.25) is 0 Å². The van der Waals surface area contributed by atoms with Gasteiger partial charge in [-0.25, -0.2) is 14.1 Å². The molecule has 0 fully saturated rings. The number of rotatable bonds is 4. The van der Waals surface area contributed by atoms with Gasteiger partial charge in [-0.1, -0.05) is 40.2 Å². The number of halogens is 2. The summed E-state index contributed by atoms with van der Waals surface area (Å²) in [4.78, 5) is 17.2. The molecule has 0 aliphatic heterocycles. The van der Waals surface area contributed by atoms with Gasteiger partial charge in [0.25, 0.3) is 5.91 Å². The number of carbonyl (C=O) groups excluding carboxylic acids is 1. The van der Waals surface area contributed by atoms with E-state index in [-0.39, 0.29) is 11.6 Å². The van der Waals surface area contributed by atoms with E-state index in [9.17, 15) is 9.18 Å². The molecule has 29 heavy (non-hydrogen) atoms. The SMILES string of the molecule is Cc1cccc(-n2nc(C(=O)Nc3ccc(F)cc3)nc2-c2ccc(Br)cc2)c1. The number of hydrogen-bond acceptors (Lipinski definition) is 3. The molecule has 0 saturated heterocycles. The molecule has 1 amide bonds. The zero-order valence-corrected chi connectivity index (χ0v) is 17.0. The topological polar surface area (TPSA) is 59.8 Å². The van der Waals surface area contributed by atoms with Crippen molar-refractivity contribution in [2.24, 2.45) is 0 Å². The molecule has 144 valence electrons. The molecule has 0 saturated carbocycles. The molecule has 3 aromatic carbocycles. The summed E-state index contributed by atoms with van der Waals surface area (Å²) in [5.74, 6) is -0.273. The van der Waals surface area contributed by atoms with E-state index >= 15 is 0 Å². The van der Waals surface area contributed by atoms with Crippen molar-refractivity contribution in [3.05, 3.63) is 94.5 Å². The molecule has 1 N–H and O–H groups in total. The Kier molecular flexibility index (Phi) is 5.22. The Bertz CT molecular complexity index is 1170. The molecule has 0 aliphatic carbocycles. The Labute approximate surface area is 175 Å². The van der Waals surface area contributed by atoms with Crippen LogP contribution in [0.4, 0.5) is 10.1 Å². The summed E-state index contributed by atoms with van der Waals surface area (Å²) < 4.78 is 15.7. The predicted octanol–water partition coefficient (Wildman–Crippen LogP) is 5.40. The van der Waals surface area contributed by atoms with Crippen molar-refractivity contribution in [3.8, 4) is 17.1 Å². The summed E-state index contributed by atoms with van der Waals surface area (Å²) in [5, 5.41) is 7.14. The van der Waals surface area contributed by atoms with Crippen LogP contribution in [0.15, 0.2) is 77.3 Å². The highest BCUT2D eigenvalue weighted by Gasteiger charge is 2.19. The molecule has 4 rings (SSSR count). The van der Waals surface area contributed by atoms with Crippen LogP contribution in [0.1, 0.15) is 16.2 Å². The highest BCUT2D eigenvalue weighted by atomic mass is 79.9. The summed E-state index contributed by atoms with van der Waals surface area (Å²) in [6, 6.07) is 20.9. The van der Waals surface area contributed by atoms with Crippen molar-refractivity contribution in [1.82, 2.24) is 14.8 Å². The quantitative estimate of drug-likeness (QED) is 0.452. The Balaban J connectivity index is 1.75. The van der Waals surface area contributed by atoms with Gasteiger partial charge in [0.05, 0.1) is 5.69 Å². The van der Waals surface area contributed by atoms with Gasteiger partial charge in [-0.3, -0.25) is 4.79 Å². The molecule has 0 bridgehead atoms. The fourth-order valence-corrected chi connectivity index (χ4v) is 3.12. The van der Waals surface area contributed by atoms with Gasteiger partial charge in [-0.2, -0.15) is 0 Å². The highest BCUT2D eigenvalue weighted by molar-refractivity contribution is 9.10. The van der Waals surface area contributed by atoms with E-state index in [0.29, 0.717) is 11.5 Å². The van der Waals surface area contributed by atoms with E-state index in [0.717, 1.165) is 21.3 Å².